The van der Waals surface area contributed by atoms with E-state index >= 15 is 0 Å². The van der Waals surface area contributed by atoms with Gasteiger partial charge in [-0.05, 0) is 24.7 Å². The number of likely N-dealkylation sites (tertiary alicyclic amines) is 1. The van der Waals surface area contributed by atoms with Crippen molar-refractivity contribution < 1.29 is 4.79 Å². The summed E-state index contributed by atoms with van der Waals surface area (Å²) in [4.78, 5) is 13.9. The number of hydrogen-bond acceptors (Lipinski definition) is 1. The van der Waals surface area contributed by atoms with E-state index in [-0.39, 0.29) is 0 Å². The van der Waals surface area contributed by atoms with Gasteiger partial charge in [-0.3, -0.25) is 4.79 Å². The fourth-order valence-electron chi connectivity index (χ4n) is 2.25. The minimum atomic E-state index is 0.376. The zero-order chi connectivity index (χ0) is 9.59. The van der Waals surface area contributed by atoms with Crippen molar-refractivity contribution in [2.45, 2.75) is 39.7 Å². The molecular weight excluding hydrogens is 162 g/mol. The van der Waals surface area contributed by atoms with Crippen molar-refractivity contribution in [3.05, 3.63) is 0 Å². The summed E-state index contributed by atoms with van der Waals surface area (Å²) >= 11 is 0. The van der Waals surface area contributed by atoms with Gasteiger partial charge in [0.1, 0.15) is 0 Å². The summed E-state index contributed by atoms with van der Waals surface area (Å²) < 4.78 is 0. The zero-order valence-electron chi connectivity index (χ0n) is 8.79. The molecule has 1 saturated heterocycles. The maximum absolute atomic E-state index is 11.8. The van der Waals surface area contributed by atoms with Crippen LogP contribution in [0.3, 0.4) is 0 Å². The second-order valence-corrected chi connectivity index (χ2v) is 4.95. The molecule has 3 atom stereocenters. The van der Waals surface area contributed by atoms with E-state index in [1.165, 1.54) is 6.42 Å². The zero-order valence-corrected chi connectivity index (χ0v) is 8.79. The van der Waals surface area contributed by atoms with Crippen LogP contribution in [0.2, 0.25) is 0 Å². The van der Waals surface area contributed by atoms with Crippen LogP contribution in [-0.2, 0) is 4.79 Å². The van der Waals surface area contributed by atoms with E-state index < -0.39 is 0 Å². The standard InChI is InChI=1S/C11H19NO/c1-7(2)10-4-5-12(10)11(13)9-6-8(9)3/h7-10H,4-6H2,1-3H3. The number of carbonyl (C=O) groups excluding carboxylic acids is 1. The highest BCUT2D eigenvalue weighted by Crippen LogP contribution is 2.41. The Morgan fingerprint density at radius 3 is 2.38 bits per heavy atom. The summed E-state index contributed by atoms with van der Waals surface area (Å²) in [5.74, 6) is 2.09. The molecule has 0 bridgehead atoms. The van der Waals surface area contributed by atoms with E-state index in [4.69, 9.17) is 0 Å². The fourth-order valence-corrected chi connectivity index (χ4v) is 2.25. The molecule has 1 aliphatic heterocycles. The van der Waals surface area contributed by atoms with E-state index in [1.807, 2.05) is 0 Å². The molecule has 2 aliphatic rings. The second-order valence-electron chi connectivity index (χ2n) is 4.95. The largest absolute Gasteiger partial charge is 0.339 e. The quantitative estimate of drug-likeness (QED) is 0.637. The van der Waals surface area contributed by atoms with E-state index in [1.54, 1.807) is 0 Å². The highest BCUT2D eigenvalue weighted by molar-refractivity contribution is 5.82. The molecule has 2 nitrogen and oxygen atoms in total. The smallest absolute Gasteiger partial charge is 0.226 e. The monoisotopic (exact) mass is 181 g/mol. The number of hydrogen-bond donors (Lipinski definition) is 0. The summed E-state index contributed by atoms with van der Waals surface area (Å²) in [6.07, 6.45) is 2.34. The Hall–Kier alpha value is -0.530. The summed E-state index contributed by atoms with van der Waals surface area (Å²) in [5, 5.41) is 0. The van der Waals surface area contributed by atoms with Crippen molar-refractivity contribution in [1.29, 1.82) is 0 Å². The molecule has 3 unspecified atom stereocenters. The normalized spacial score (nSPS) is 37.5. The number of rotatable bonds is 2. The van der Waals surface area contributed by atoms with Gasteiger partial charge in [0.15, 0.2) is 0 Å². The molecular formula is C11H19NO. The van der Waals surface area contributed by atoms with Gasteiger partial charge in [0.05, 0.1) is 0 Å². The predicted molar refractivity (Wildman–Crippen MR) is 52.2 cm³/mol. The first-order valence-corrected chi connectivity index (χ1v) is 5.41. The maximum Gasteiger partial charge on any atom is 0.226 e. The van der Waals surface area contributed by atoms with Crippen LogP contribution in [0.15, 0.2) is 0 Å². The molecule has 0 aromatic heterocycles. The van der Waals surface area contributed by atoms with E-state index in [9.17, 15) is 4.79 Å². The van der Waals surface area contributed by atoms with Gasteiger partial charge in [-0.15, -0.1) is 0 Å². The SMILES string of the molecule is CC(C)C1CCN1C(=O)C1CC1C. The molecule has 0 radical (unpaired) electrons. The topological polar surface area (TPSA) is 20.3 Å². The molecule has 1 saturated carbocycles. The van der Waals surface area contributed by atoms with Gasteiger partial charge in [0.25, 0.3) is 0 Å². The molecule has 74 valence electrons. The Morgan fingerprint density at radius 2 is 2.08 bits per heavy atom. The molecule has 1 heterocycles. The Kier molecular flexibility index (Phi) is 2.09. The lowest BCUT2D eigenvalue weighted by Gasteiger charge is -2.44. The molecule has 2 fully saturated rings. The molecule has 1 amide bonds. The molecule has 1 aliphatic carbocycles. The van der Waals surface area contributed by atoms with Crippen molar-refractivity contribution >= 4 is 5.91 Å². The molecule has 0 spiro atoms. The van der Waals surface area contributed by atoms with Gasteiger partial charge in [-0.25, -0.2) is 0 Å². The first-order chi connectivity index (χ1) is 6.11. The Labute approximate surface area is 80.3 Å². The van der Waals surface area contributed by atoms with Crippen molar-refractivity contribution in [1.82, 2.24) is 4.90 Å². The molecule has 0 aromatic rings. The van der Waals surface area contributed by atoms with Crippen LogP contribution in [0, 0.1) is 17.8 Å². The van der Waals surface area contributed by atoms with Crippen LogP contribution in [0.25, 0.3) is 0 Å². The minimum Gasteiger partial charge on any atom is -0.339 e. The van der Waals surface area contributed by atoms with Gasteiger partial charge in [0, 0.05) is 18.5 Å². The Morgan fingerprint density at radius 1 is 1.46 bits per heavy atom. The third-order valence-electron chi connectivity index (χ3n) is 3.55. The van der Waals surface area contributed by atoms with Crippen molar-refractivity contribution in [3.8, 4) is 0 Å². The third-order valence-corrected chi connectivity index (χ3v) is 3.55. The Balaban J connectivity index is 1.91. The average Bonchev–Trinajstić information content (AvgIpc) is 2.62. The first-order valence-electron chi connectivity index (χ1n) is 5.41. The highest BCUT2D eigenvalue weighted by atomic mass is 16.2. The summed E-state index contributed by atoms with van der Waals surface area (Å²) in [6, 6.07) is 0.542. The van der Waals surface area contributed by atoms with E-state index in [2.05, 4.69) is 25.7 Å². The molecule has 13 heavy (non-hydrogen) atoms. The van der Waals surface area contributed by atoms with Crippen LogP contribution < -0.4 is 0 Å². The number of nitrogens with zero attached hydrogens (tertiary/aromatic N) is 1. The number of carbonyl (C=O) groups is 1. The molecule has 0 N–H and O–H groups in total. The second kappa shape index (κ2) is 3.00. The van der Waals surface area contributed by atoms with Crippen LogP contribution in [-0.4, -0.2) is 23.4 Å². The van der Waals surface area contributed by atoms with Gasteiger partial charge in [-0.1, -0.05) is 20.8 Å². The minimum absolute atomic E-state index is 0.376. The van der Waals surface area contributed by atoms with Gasteiger partial charge < -0.3 is 4.90 Å². The van der Waals surface area contributed by atoms with Crippen LogP contribution in [0.1, 0.15) is 33.6 Å². The average molecular weight is 181 g/mol. The third kappa shape index (κ3) is 1.47. The van der Waals surface area contributed by atoms with Crippen LogP contribution in [0.5, 0.6) is 0 Å². The summed E-state index contributed by atoms with van der Waals surface area (Å²) in [6.45, 7) is 7.60. The molecule has 0 aromatic carbocycles. The van der Waals surface area contributed by atoms with E-state index in [0.717, 1.165) is 13.0 Å². The fraction of sp³-hybridized carbons (Fsp3) is 0.909. The van der Waals surface area contributed by atoms with Gasteiger partial charge in [-0.2, -0.15) is 0 Å². The molecule has 2 heteroatoms. The first kappa shape index (κ1) is 9.04. The van der Waals surface area contributed by atoms with Gasteiger partial charge >= 0.3 is 0 Å². The van der Waals surface area contributed by atoms with Crippen molar-refractivity contribution in [2.24, 2.45) is 17.8 Å². The summed E-state index contributed by atoms with van der Waals surface area (Å²) in [5.41, 5.74) is 0. The predicted octanol–water partition coefficient (Wildman–Crippen LogP) is 1.90. The van der Waals surface area contributed by atoms with Crippen LogP contribution in [0.4, 0.5) is 0 Å². The van der Waals surface area contributed by atoms with Crippen molar-refractivity contribution in [3.63, 3.8) is 0 Å². The summed E-state index contributed by atoms with van der Waals surface area (Å²) in [7, 11) is 0. The van der Waals surface area contributed by atoms with E-state index in [0.29, 0.717) is 29.7 Å². The molecule has 2 rings (SSSR count). The van der Waals surface area contributed by atoms with Gasteiger partial charge in [0.2, 0.25) is 5.91 Å². The van der Waals surface area contributed by atoms with Crippen LogP contribution >= 0.6 is 0 Å². The highest BCUT2D eigenvalue weighted by Gasteiger charge is 2.45. The lowest BCUT2D eigenvalue weighted by atomic mass is 9.91. The lowest BCUT2D eigenvalue weighted by Crippen LogP contribution is -2.54. The number of amides is 1. The Bertz CT molecular complexity index is 224. The lowest BCUT2D eigenvalue weighted by molar-refractivity contribution is -0.142. The van der Waals surface area contributed by atoms with Crippen molar-refractivity contribution in [2.75, 3.05) is 6.54 Å². The maximum atomic E-state index is 11.8.